The molecule has 1 aromatic carbocycles. The zero-order chi connectivity index (χ0) is 12.3. The number of benzene rings is 1. The summed E-state index contributed by atoms with van der Waals surface area (Å²) in [5, 5.41) is 11.1. The monoisotopic (exact) mass is 228 g/mol. The van der Waals surface area contributed by atoms with Gasteiger partial charge < -0.3 is 10.3 Å². The molecule has 0 spiro atoms. The van der Waals surface area contributed by atoms with Crippen LogP contribution < -0.4 is 5.32 Å². The molecule has 0 fully saturated rings. The summed E-state index contributed by atoms with van der Waals surface area (Å²) in [4.78, 5) is 18.8. The maximum Gasteiger partial charge on any atom is 0.234 e. The van der Waals surface area contributed by atoms with Crippen molar-refractivity contribution in [2.45, 2.75) is 19.4 Å². The minimum Gasteiger partial charge on any atom is -0.346 e. The topological polar surface area (TPSA) is 81.6 Å². The summed E-state index contributed by atoms with van der Waals surface area (Å²) in [5.41, 5.74) is 1.80. The Kier molecular flexibility index (Phi) is 3.06. The van der Waals surface area contributed by atoms with E-state index in [1.165, 1.54) is 0 Å². The Morgan fingerprint density at radius 3 is 3.06 bits per heavy atom. The van der Waals surface area contributed by atoms with Gasteiger partial charge in [-0.25, -0.2) is 4.98 Å². The van der Waals surface area contributed by atoms with Gasteiger partial charge in [-0.2, -0.15) is 5.26 Å². The van der Waals surface area contributed by atoms with Crippen LogP contribution in [0.5, 0.6) is 0 Å². The highest BCUT2D eigenvalue weighted by atomic mass is 16.1. The molecule has 0 bridgehead atoms. The van der Waals surface area contributed by atoms with Gasteiger partial charge in [0, 0.05) is 0 Å². The zero-order valence-corrected chi connectivity index (χ0v) is 9.40. The predicted octanol–water partition coefficient (Wildman–Crippen LogP) is 1.65. The Balaban J connectivity index is 2.16. The van der Waals surface area contributed by atoms with Crippen LogP contribution in [0.15, 0.2) is 24.3 Å². The van der Waals surface area contributed by atoms with E-state index in [0.717, 1.165) is 11.0 Å². The highest BCUT2D eigenvalue weighted by molar-refractivity contribution is 5.79. The van der Waals surface area contributed by atoms with Gasteiger partial charge >= 0.3 is 0 Å². The van der Waals surface area contributed by atoms with Crippen LogP contribution in [0.2, 0.25) is 0 Å². The first-order chi connectivity index (χ1) is 8.20. The summed E-state index contributed by atoms with van der Waals surface area (Å²) >= 11 is 0. The molecule has 0 radical (unpaired) electrons. The average molecular weight is 228 g/mol. The molecule has 0 aliphatic rings. The van der Waals surface area contributed by atoms with Crippen molar-refractivity contribution in [2.75, 3.05) is 0 Å². The number of H-pyrrole nitrogens is 1. The number of aromatic amines is 1. The number of carbonyl (C=O) groups excluding carboxylic acids is 1. The SMILES string of the molecule is CC(NC(=O)CC#N)c1nc2ccccc2[nH]1. The second-order valence-electron chi connectivity index (χ2n) is 3.76. The number of fused-ring (bicyclic) bond motifs is 1. The van der Waals surface area contributed by atoms with Crippen LogP contribution in [0.25, 0.3) is 11.0 Å². The normalized spacial score (nSPS) is 12.0. The summed E-state index contributed by atoms with van der Waals surface area (Å²) in [6.07, 6.45) is -0.134. The standard InChI is InChI=1S/C12H12N4O/c1-8(14-11(17)6-7-13)12-15-9-4-2-3-5-10(9)16-12/h2-5,8H,6H2,1H3,(H,14,17)(H,15,16). The van der Waals surface area contributed by atoms with Crippen LogP contribution in [0.1, 0.15) is 25.2 Å². The largest absolute Gasteiger partial charge is 0.346 e. The zero-order valence-electron chi connectivity index (χ0n) is 9.40. The number of nitrogens with zero attached hydrogens (tertiary/aromatic N) is 2. The molecule has 0 saturated carbocycles. The summed E-state index contributed by atoms with van der Waals surface area (Å²) in [6, 6.07) is 9.23. The van der Waals surface area contributed by atoms with Crippen molar-refractivity contribution in [3.63, 3.8) is 0 Å². The molecule has 0 saturated heterocycles. The average Bonchev–Trinajstić information content (AvgIpc) is 2.72. The third-order valence-corrected chi connectivity index (χ3v) is 2.43. The lowest BCUT2D eigenvalue weighted by Gasteiger charge is -2.09. The van der Waals surface area contributed by atoms with E-state index in [9.17, 15) is 4.79 Å². The van der Waals surface area contributed by atoms with Gasteiger partial charge in [0.05, 0.1) is 23.1 Å². The molecule has 0 aliphatic carbocycles. The number of rotatable bonds is 3. The van der Waals surface area contributed by atoms with Gasteiger partial charge in [-0.15, -0.1) is 0 Å². The van der Waals surface area contributed by atoms with E-state index in [4.69, 9.17) is 5.26 Å². The Hall–Kier alpha value is -2.35. The number of carbonyl (C=O) groups is 1. The molecule has 1 atom stereocenters. The first-order valence-corrected chi connectivity index (χ1v) is 5.31. The van der Waals surface area contributed by atoms with Crippen molar-refractivity contribution in [3.8, 4) is 6.07 Å². The fourth-order valence-electron chi connectivity index (χ4n) is 1.61. The maximum atomic E-state index is 11.3. The van der Waals surface area contributed by atoms with Gasteiger partial charge in [0.1, 0.15) is 12.2 Å². The number of aromatic nitrogens is 2. The summed E-state index contributed by atoms with van der Waals surface area (Å²) in [5.74, 6) is 0.401. The Bertz CT molecular complexity index is 548. The highest BCUT2D eigenvalue weighted by Gasteiger charge is 2.12. The molecule has 5 heteroatoms. The molecule has 2 aromatic rings. The summed E-state index contributed by atoms with van der Waals surface area (Å²) in [7, 11) is 0. The predicted molar refractivity (Wildman–Crippen MR) is 62.9 cm³/mol. The number of hydrogen-bond donors (Lipinski definition) is 2. The Labute approximate surface area is 98.5 Å². The van der Waals surface area contributed by atoms with Crippen molar-refractivity contribution in [3.05, 3.63) is 30.1 Å². The minimum atomic E-state index is -0.291. The molecule has 1 aromatic heterocycles. The van der Waals surface area contributed by atoms with Crippen molar-refractivity contribution < 1.29 is 4.79 Å². The van der Waals surface area contributed by atoms with Crippen LogP contribution in [-0.4, -0.2) is 15.9 Å². The molecular weight excluding hydrogens is 216 g/mol. The van der Waals surface area contributed by atoms with E-state index >= 15 is 0 Å². The molecule has 17 heavy (non-hydrogen) atoms. The van der Waals surface area contributed by atoms with Crippen LogP contribution in [-0.2, 0) is 4.79 Å². The van der Waals surface area contributed by atoms with Crippen LogP contribution >= 0.6 is 0 Å². The molecule has 5 nitrogen and oxygen atoms in total. The lowest BCUT2D eigenvalue weighted by Crippen LogP contribution is -2.26. The smallest absolute Gasteiger partial charge is 0.234 e. The van der Waals surface area contributed by atoms with E-state index in [2.05, 4.69) is 15.3 Å². The van der Waals surface area contributed by atoms with E-state index in [0.29, 0.717) is 5.82 Å². The molecule has 1 amide bonds. The molecule has 1 heterocycles. The number of hydrogen-bond acceptors (Lipinski definition) is 3. The van der Waals surface area contributed by atoms with Crippen molar-refractivity contribution >= 4 is 16.9 Å². The van der Waals surface area contributed by atoms with E-state index in [1.807, 2.05) is 37.3 Å². The van der Waals surface area contributed by atoms with Crippen molar-refractivity contribution in [2.24, 2.45) is 0 Å². The molecule has 2 rings (SSSR count). The van der Waals surface area contributed by atoms with Gasteiger partial charge in [-0.3, -0.25) is 4.79 Å². The quantitative estimate of drug-likeness (QED) is 0.838. The number of para-hydroxylation sites is 2. The third-order valence-electron chi connectivity index (χ3n) is 2.43. The molecule has 0 aliphatic heterocycles. The highest BCUT2D eigenvalue weighted by Crippen LogP contribution is 2.15. The molecule has 2 N–H and O–H groups in total. The van der Waals surface area contributed by atoms with Gasteiger partial charge in [-0.05, 0) is 19.1 Å². The van der Waals surface area contributed by atoms with E-state index in [-0.39, 0.29) is 18.4 Å². The van der Waals surface area contributed by atoms with Crippen LogP contribution in [0.4, 0.5) is 0 Å². The minimum absolute atomic E-state index is 0.134. The van der Waals surface area contributed by atoms with Gasteiger partial charge in [0.2, 0.25) is 5.91 Å². The number of imidazole rings is 1. The van der Waals surface area contributed by atoms with Gasteiger partial charge in [-0.1, -0.05) is 12.1 Å². The fourth-order valence-corrected chi connectivity index (χ4v) is 1.61. The summed E-state index contributed by atoms with van der Waals surface area (Å²) < 4.78 is 0. The number of nitriles is 1. The lowest BCUT2D eigenvalue weighted by molar-refractivity contribution is -0.120. The van der Waals surface area contributed by atoms with Crippen molar-refractivity contribution in [1.29, 1.82) is 5.26 Å². The van der Waals surface area contributed by atoms with Gasteiger partial charge in [0.15, 0.2) is 0 Å². The molecule has 86 valence electrons. The summed E-state index contributed by atoms with van der Waals surface area (Å²) in [6.45, 7) is 1.83. The number of amides is 1. The van der Waals surface area contributed by atoms with Gasteiger partial charge in [0.25, 0.3) is 0 Å². The van der Waals surface area contributed by atoms with Crippen molar-refractivity contribution in [1.82, 2.24) is 15.3 Å². The third kappa shape index (κ3) is 2.42. The number of nitrogens with one attached hydrogen (secondary N) is 2. The Morgan fingerprint density at radius 2 is 2.35 bits per heavy atom. The molecular formula is C12H12N4O. The van der Waals surface area contributed by atoms with Crippen LogP contribution in [0.3, 0.4) is 0 Å². The second kappa shape index (κ2) is 4.66. The fraction of sp³-hybridized carbons (Fsp3) is 0.250. The first kappa shape index (κ1) is 11.1. The van der Waals surface area contributed by atoms with E-state index in [1.54, 1.807) is 0 Å². The maximum absolute atomic E-state index is 11.3. The van der Waals surface area contributed by atoms with E-state index < -0.39 is 0 Å². The van der Waals surface area contributed by atoms with Crippen LogP contribution in [0, 0.1) is 11.3 Å². The Morgan fingerprint density at radius 1 is 1.59 bits per heavy atom. The molecule has 1 unspecified atom stereocenters. The first-order valence-electron chi connectivity index (χ1n) is 5.31. The lowest BCUT2D eigenvalue weighted by atomic mass is 10.3. The second-order valence-corrected chi connectivity index (χ2v) is 3.76.